The highest BCUT2D eigenvalue weighted by Crippen LogP contribution is 2.38. The highest BCUT2D eigenvalue weighted by molar-refractivity contribution is 5.92. The second-order valence-corrected chi connectivity index (χ2v) is 6.29. The van der Waals surface area contributed by atoms with E-state index in [4.69, 9.17) is 0 Å². The summed E-state index contributed by atoms with van der Waals surface area (Å²) in [6, 6.07) is 8.06. The number of hydrogen-bond donors (Lipinski definition) is 2. The topological polar surface area (TPSA) is 58.2 Å². The molecule has 1 aromatic rings. The Bertz CT molecular complexity index is 525. The second kappa shape index (κ2) is 6.74. The Kier molecular flexibility index (Phi) is 4.99. The molecule has 114 valence electrons. The van der Waals surface area contributed by atoms with Crippen molar-refractivity contribution in [1.29, 1.82) is 0 Å². The van der Waals surface area contributed by atoms with Gasteiger partial charge in [0, 0.05) is 13.1 Å². The van der Waals surface area contributed by atoms with Gasteiger partial charge in [0.05, 0.1) is 11.8 Å². The van der Waals surface area contributed by atoms with Crippen LogP contribution in [0.5, 0.6) is 0 Å². The Morgan fingerprint density at radius 1 is 1.19 bits per heavy atom. The highest BCUT2D eigenvalue weighted by Gasteiger charge is 2.47. The maximum absolute atomic E-state index is 12.0. The van der Waals surface area contributed by atoms with Crippen molar-refractivity contribution < 1.29 is 9.59 Å². The lowest BCUT2D eigenvalue weighted by molar-refractivity contribution is -0.127. The number of rotatable bonds is 6. The summed E-state index contributed by atoms with van der Waals surface area (Å²) in [5.41, 5.74) is 2.27. The van der Waals surface area contributed by atoms with Gasteiger partial charge in [-0.15, -0.1) is 0 Å². The first-order chi connectivity index (χ1) is 9.97. The van der Waals surface area contributed by atoms with Gasteiger partial charge in [-0.25, -0.2) is 0 Å². The summed E-state index contributed by atoms with van der Waals surface area (Å²) in [5, 5.41) is 5.81. The Morgan fingerprint density at radius 3 is 2.48 bits per heavy atom. The summed E-state index contributed by atoms with van der Waals surface area (Å²) in [7, 11) is 0. The van der Waals surface area contributed by atoms with Gasteiger partial charge in [0.25, 0.3) is 0 Å². The Labute approximate surface area is 126 Å². The fourth-order valence-corrected chi connectivity index (χ4v) is 2.35. The summed E-state index contributed by atoms with van der Waals surface area (Å²) in [5.74, 6) is 0.144. The molecule has 0 spiro atoms. The van der Waals surface area contributed by atoms with Crippen LogP contribution in [-0.2, 0) is 16.1 Å². The molecule has 1 fully saturated rings. The van der Waals surface area contributed by atoms with Crippen LogP contribution in [0.25, 0.3) is 0 Å². The van der Waals surface area contributed by atoms with Gasteiger partial charge in [0.15, 0.2) is 0 Å². The van der Waals surface area contributed by atoms with Crippen molar-refractivity contribution in [1.82, 2.24) is 10.6 Å². The maximum atomic E-state index is 12.0. The summed E-state index contributed by atoms with van der Waals surface area (Å²) in [6.45, 7) is 7.34. The summed E-state index contributed by atoms with van der Waals surface area (Å²) in [4.78, 5) is 23.9. The van der Waals surface area contributed by atoms with E-state index in [1.165, 1.54) is 5.56 Å². The van der Waals surface area contributed by atoms with Crippen molar-refractivity contribution in [3.63, 3.8) is 0 Å². The lowest BCUT2D eigenvalue weighted by atomic mass is 10.1. The van der Waals surface area contributed by atoms with Crippen molar-refractivity contribution in [3.8, 4) is 0 Å². The van der Waals surface area contributed by atoms with Gasteiger partial charge in [-0.1, -0.05) is 43.7 Å². The van der Waals surface area contributed by atoms with E-state index in [0.29, 0.717) is 25.4 Å². The molecule has 0 aromatic heterocycles. The van der Waals surface area contributed by atoms with Gasteiger partial charge in [-0.05, 0) is 24.8 Å². The zero-order valence-corrected chi connectivity index (χ0v) is 13.0. The molecular weight excluding hydrogens is 264 g/mol. The lowest BCUT2D eigenvalue weighted by Crippen LogP contribution is -2.31. The maximum Gasteiger partial charge on any atom is 0.224 e. The first kappa shape index (κ1) is 15.5. The normalized spacial score (nSPS) is 20.2. The molecule has 0 radical (unpaired) electrons. The van der Waals surface area contributed by atoms with Crippen molar-refractivity contribution in [3.05, 3.63) is 35.4 Å². The predicted molar refractivity (Wildman–Crippen MR) is 82.5 cm³/mol. The van der Waals surface area contributed by atoms with Crippen LogP contribution in [0.15, 0.2) is 24.3 Å². The van der Waals surface area contributed by atoms with Crippen LogP contribution < -0.4 is 10.6 Å². The SMILES string of the molecule is Cc1cccc(CNC(=O)C2CC2C(=O)NCC(C)C)c1. The van der Waals surface area contributed by atoms with E-state index >= 15 is 0 Å². The molecule has 1 aromatic carbocycles. The van der Waals surface area contributed by atoms with E-state index in [-0.39, 0.29) is 23.7 Å². The van der Waals surface area contributed by atoms with Crippen molar-refractivity contribution >= 4 is 11.8 Å². The van der Waals surface area contributed by atoms with Crippen molar-refractivity contribution in [2.24, 2.45) is 17.8 Å². The van der Waals surface area contributed by atoms with E-state index in [2.05, 4.69) is 30.5 Å². The molecule has 2 N–H and O–H groups in total. The van der Waals surface area contributed by atoms with Crippen LogP contribution in [0.1, 0.15) is 31.4 Å². The fourth-order valence-electron chi connectivity index (χ4n) is 2.35. The van der Waals surface area contributed by atoms with E-state index < -0.39 is 0 Å². The van der Waals surface area contributed by atoms with Crippen molar-refractivity contribution in [2.75, 3.05) is 6.54 Å². The molecule has 0 bridgehead atoms. The van der Waals surface area contributed by atoms with E-state index in [1.54, 1.807) is 0 Å². The summed E-state index contributed by atoms with van der Waals surface area (Å²) in [6.07, 6.45) is 0.670. The number of hydrogen-bond acceptors (Lipinski definition) is 2. The van der Waals surface area contributed by atoms with Crippen LogP contribution >= 0.6 is 0 Å². The standard InChI is InChI=1S/C17H24N2O2/c1-11(2)9-18-16(20)14-8-15(14)17(21)19-10-13-6-4-5-12(3)7-13/h4-7,11,14-15H,8-10H2,1-3H3,(H,18,20)(H,19,21). The third kappa shape index (κ3) is 4.59. The molecule has 4 heteroatoms. The largest absolute Gasteiger partial charge is 0.356 e. The smallest absolute Gasteiger partial charge is 0.224 e. The third-order valence-corrected chi connectivity index (χ3v) is 3.70. The second-order valence-electron chi connectivity index (χ2n) is 6.29. The van der Waals surface area contributed by atoms with Crippen LogP contribution in [0.2, 0.25) is 0 Å². The summed E-state index contributed by atoms with van der Waals surface area (Å²) < 4.78 is 0. The minimum atomic E-state index is -0.151. The molecule has 2 unspecified atom stereocenters. The molecule has 21 heavy (non-hydrogen) atoms. The van der Waals surface area contributed by atoms with Gasteiger partial charge in [-0.2, -0.15) is 0 Å². The van der Waals surface area contributed by atoms with Crippen LogP contribution in [0.4, 0.5) is 0 Å². The molecule has 2 rings (SSSR count). The minimum absolute atomic E-state index is 0.0128. The monoisotopic (exact) mass is 288 g/mol. The molecule has 1 aliphatic carbocycles. The molecule has 4 nitrogen and oxygen atoms in total. The predicted octanol–water partition coefficient (Wildman–Crippen LogP) is 2.02. The Morgan fingerprint density at radius 2 is 1.86 bits per heavy atom. The first-order valence-electron chi connectivity index (χ1n) is 7.58. The Hall–Kier alpha value is -1.84. The number of amides is 2. The first-order valence-corrected chi connectivity index (χ1v) is 7.58. The van der Waals surface area contributed by atoms with Crippen LogP contribution in [0.3, 0.4) is 0 Å². The van der Waals surface area contributed by atoms with Gasteiger partial charge in [0.2, 0.25) is 11.8 Å². The number of aryl methyl sites for hydroxylation is 1. The third-order valence-electron chi connectivity index (χ3n) is 3.70. The lowest BCUT2D eigenvalue weighted by Gasteiger charge is -2.08. The molecule has 2 atom stereocenters. The molecule has 1 saturated carbocycles. The minimum Gasteiger partial charge on any atom is -0.356 e. The Balaban J connectivity index is 1.74. The van der Waals surface area contributed by atoms with Gasteiger partial charge < -0.3 is 10.6 Å². The fraction of sp³-hybridized carbons (Fsp3) is 0.529. The van der Waals surface area contributed by atoms with E-state index in [9.17, 15) is 9.59 Å². The molecule has 0 heterocycles. The molecule has 2 amide bonds. The van der Waals surface area contributed by atoms with Gasteiger partial charge in [-0.3, -0.25) is 9.59 Å². The van der Waals surface area contributed by atoms with Gasteiger partial charge in [0.1, 0.15) is 0 Å². The zero-order chi connectivity index (χ0) is 15.4. The summed E-state index contributed by atoms with van der Waals surface area (Å²) >= 11 is 0. The average molecular weight is 288 g/mol. The zero-order valence-electron chi connectivity index (χ0n) is 13.0. The number of nitrogens with one attached hydrogen (secondary N) is 2. The number of benzene rings is 1. The van der Waals surface area contributed by atoms with Crippen molar-refractivity contribution in [2.45, 2.75) is 33.7 Å². The van der Waals surface area contributed by atoms with E-state index in [1.807, 2.05) is 25.1 Å². The number of carbonyl (C=O) groups is 2. The van der Waals surface area contributed by atoms with Gasteiger partial charge >= 0.3 is 0 Å². The van der Waals surface area contributed by atoms with Crippen LogP contribution in [0, 0.1) is 24.7 Å². The molecular formula is C17H24N2O2. The highest BCUT2D eigenvalue weighted by atomic mass is 16.2. The average Bonchev–Trinajstić information content (AvgIpc) is 3.22. The quantitative estimate of drug-likeness (QED) is 0.841. The molecule has 0 saturated heterocycles. The van der Waals surface area contributed by atoms with Crippen LogP contribution in [-0.4, -0.2) is 18.4 Å². The molecule has 1 aliphatic rings. The number of carbonyl (C=O) groups excluding carboxylic acids is 2. The van der Waals surface area contributed by atoms with E-state index in [0.717, 1.165) is 5.56 Å². The molecule has 0 aliphatic heterocycles.